The largest absolute Gasteiger partial charge is 0.442 e. The van der Waals surface area contributed by atoms with E-state index in [4.69, 9.17) is 10.6 Å². The van der Waals surface area contributed by atoms with Gasteiger partial charge in [-0.3, -0.25) is 0 Å². The molecule has 0 fully saturated rings. The van der Waals surface area contributed by atoms with E-state index in [1.54, 1.807) is 0 Å². The predicted octanol–water partition coefficient (Wildman–Crippen LogP) is 3.07. The zero-order valence-electron chi connectivity index (χ0n) is 13.2. The topological polar surface area (TPSA) is 58.8 Å². The van der Waals surface area contributed by atoms with Gasteiger partial charge in [0.25, 0.3) is 0 Å². The van der Waals surface area contributed by atoms with Crippen molar-refractivity contribution in [3.05, 3.63) is 23.8 Å². The molecule has 0 unspecified atom stereocenters. The van der Waals surface area contributed by atoms with Crippen LogP contribution in [0.2, 0.25) is 0 Å². The number of hydrazine groups is 1. The van der Waals surface area contributed by atoms with E-state index >= 15 is 0 Å². The van der Waals surface area contributed by atoms with Crippen molar-refractivity contribution in [2.24, 2.45) is 5.84 Å². The average Bonchev–Trinajstić information content (AvgIpc) is 2.35. The molecule has 0 aliphatic rings. The molecule has 20 heavy (non-hydrogen) atoms. The van der Waals surface area contributed by atoms with Gasteiger partial charge in [0.05, 0.1) is 5.69 Å². The molecule has 1 aromatic carbocycles. The summed E-state index contributed by atoms with van der Waals surface area (Å²) in [4.78, 5) is 14.1. The van der Waals surface area contributed by atoms with Crippen molar-refractivity contribution in [1.29, 1.82) is 0 Å². The van der Waals surface area contributed by atoms with Crippen molar-refractivity contribution in [3.8, 4) is 0 Å². The number of carbonyl (C=O) groups excluding carboxylic acids is 1. The molecule has 1 aromatic rings. The molecule has 112 valence electrons. The highest BCUT2D eigenvalue weighted by atomic mass is 16.6. The Kier molecular flexibility index (Phi) is 5.00. The summed E-state index contributed by atoms with van der Waals surface area (Å²) in [5, 5.41) is 1.04. The van der Waals surface area contributed by atoms with Gasteiger partial charge in [0.1, 0.15) is 5.60 Å². The number of benzene rings is 1. The van der Waals surface area contributed by atoms with Gasteiger partial charge in [-0.25, -0.2) is 15.6 Å². The van der Waals surface area contributed by atoms with Crippen LogP contribution >= 0.6 is 0 Å². The number of ether oxygens (including phenoxy) is 1. The summed E-state index contributed by atoms with van der Waals surface area (Å²) in [5.41, 5.74) is 2.22. The number of anilines is 2. The molecule has 0 saturated heterocycles. The third kappa shape index (κ3) is 4.13. The van der Waals surface area contributed by atoms with Crippen molar-refractivity contribution in [2.45, 2.75) is 40.2 Å². The second-order valence-corrected chi connectivity index (χ2v) is 5.84. The third-order valence-corrected chi connectivity index (χ3v) is 2.95. The molecule has 5 nitrogen and oxygen atoms in total. The molecule has 0 radical (unpaired) electrons. The highest BCUT2D eigenvalue weighted by molar-refractivity contribution is 5.87. The second-order valence-electron chi connectivity index (χ2n) is 5.84. The molecule has 0 aliphatic carbocycles. The Labute approximate surface area is 121 Å². The van der Waals surface area contributed by atoms with Crippen LogP contribution in [0.15, 0.2) is 18.2 Å². The van der Waals surface area contributed by atoms with Crippen molar-refractivity contribution < 1.29 is 9.53 Å². The SMILES string of the molecule is CCN(C)c1cc(N(N)C(=O)OC(C)(C)C)ccc1C. The van der Waals surface area contributed by atoms with Crippen LogP contribution in [0, 0.1) is 6.92 Å². The minimum atomic E-state index is -0.567. The molecule has 0 atom stereocenters. The maximum Gasteiger partial charge on any atom is 0.429 e. The average molecular weight is 279 g/mol. The summed E-state index contributed by atoms with van der Waals surface area (Å²) in [6, 6.07) is 5.65. The van der Waals surface area contributed by atoms with Gasteiger partial charge in [0, 0.05) is 19.3 Å². The maximum absolute atomic E-state index is 12.0. The molecular weight excluding hydrogens is 254 g/mol. The fraction of sp³-hybridized carbons (Fsp3) is 0.533. The zero-order valence-corrected chi connectivity index (χ0v) is 13.2. The second kappa shape index (κ2) is 6.13. The number of hydrogen-bond acceptors (Lipinski definition) is 4. The van der Waals surface area contributed by atoms with Gasteiger partial charge < -0.3 is 9.64 Å². The number of amides is 1. The first-order chi connectivity index (χ1) is 9.15. The predicted molar refractivity (Wildman–Crippen MR) is 83.0 cm³/mol. The van der Waals surface area contributed by atoms with Crippen molar-refractivity contribution in [2.75, 3.05) is 23.5 Å². The van der Waals surface area contributed by atoms with E-state index in [1.807, 2.05) is 52.9 Å². The van der Waals surface area contributed by atoms with Gasteiger partial charge in [-0.1, -0.05) is 6.07 Å². The van der Waals surface area contributed by atoms with Gasteiger partial charge in [-0.2, -0.15) is 0 Å². The third-order valence-electron chi connectivity index (χ3n) is 2.95. The van der Waals surface area contributed by atoms with Crippen LogP contribution < -0.4 is 15.8 Å². The first kappa shape index (κ1) is 16.3. The number of rotatable bonds is 3. The van der Waals surface area contributed by atoms with Crippen molar-refractivity contribution >= 4 is 17.5 Å². The van der Waals surface area contributed by atoms with Crippen LogP contribution in [0.5, 0.6) is 0 Å². The van der Waals surface area contributed by atoms with Gasteiger partial charge in [0.15, 0.2) is 0 Å². The van der Waals surface area contributed by atoms with Crippen LogP contribution in [0.25, 0.3) is 0 Å². The number of nitrogens with zero attached hydrogens (tertiary/aromatic N) is 2. The lowest BCUT2D eigenvalue weighted by Gasteiger charge is -2.26. The molecule has 1 rings (SSSR count). The minimum Gasteiger partial charge on any atom is -0.442 e. The Morgan fingerprint density at radius 1 is 1.35 bits per heavy atom. The van der Waals surface area contributed by atoms with Crippen LogP contribution in [-0.4, -0.2) is 25.3 Å². The molecule has 5 heteroatoms. The van der Waals surface area contributed by atoms with E-state index in [0.717, 1.165) is 22.8 Å². The fourth-order valence-electron chi connectivity index (χ4n) is 1.75. The Morgan fingerprint density at radius 3 is 2.45 bits per heavy atom. The standard InChI is InChI=1S/C15H25N3O2/c1-7-17(6)13-10-12(9-8-11(13)2)18(16)14(19)20-15(3,4)5/h8-10H,7,16H2,1-6H3. The van der Waals surface area contributed by atoms with Crippen molar-refractivity contribution in [3.63, 3.8) is 0 Å². The number of nitrogens with two attached hydrogens (primary N) is 1. The van der Waals surface area contributed by atoms with E-state index in [-0.39, 0.29) is 0 Å². The molecule has 2 N–H and O–H groups in total. The highest BCUT2D eigenvalue weighted by Crippen LogP contribution is 2.25. The van der Waals surface area contributed by atoms with E-state index < -0.39 is 11.7 Å². The van der Waals surface area contributed by atoms with Crippen LogP contribution in [0.1, 0.15) is 33.3 Å². The minimum absolute atomic E-state index is 0.563. The van der Waals surface area contributed by atoms with Crippen LogP contribution in [0.4, 0.5) is 16.2 Å². The molecular formula is C15H25N3O2. The lowest BCUT2D eigenvalue weighted by Crippen LogP contribution is -2.41. The molecule has 0 aromatic heterocycles. The van der Waals surface area contributed by atoms with Gasteiger partial charge >= 0.3 is 6.09 Å². The molecule has 0 bridgehead atoms. The Hall–Kier alpha value is -1.75. The van der Waals surface area contributed by atoms with Crippen LogP contribution in [-0.2, 0) is 4.74 Å². The van der Waals surface area contributed by atoms with Gasteiger partial charge in [-0.15, -0.1) is 0 Å². The van der Waals surface area contributed by atoms with Gasteiger partial charge in [0.2, 0.25) is 0 Å². The van der Waals surface area contributed by atoms with E-state index in [0.29, 0.717) is 5.69 Å². The summed E-state index contributed by atoms with van der Waals surface area (Å²) in [5.74, 6) is 5.85. The quantitative estimate of drug-likeness (QED) is 0.525. The molecule has 0 aliphatic heterocycles. The number of hydrogen-bond donors (Lipinski definition) is 1. The number of aryl methyl sites for hydroxylation is 1. The normalized spacial score (nSPS) is 11.2. The fourth-order valence-corrected chi connectivity index (χ4v) is 1.75. The first-order valence-electron chi connectivity index (χ1n) is 6.75. The smallest absolute Gasteiger partial charge is 0.429 e. The highest BCUT2D eigenvalue weighted by Gasteiger charge is 2.21. The molecule has 1 amide bonds. The molecule has 0 spiro atoms. The van der Waals surface area contributed by atoms with Crippen LogP contribution in [0.3, 0.4) is 0 Å². The summed E-state index contributed by atoms with van der Waals surface area (Å²) in [6.45, 7) is 10.4. The Balaban J connectivity index is 2.99. The Bertz CT molecular complexity index is 480. The number of carbonyl (C=O) groups is 1. The van der Waals surface area contributed by atoms with E-state index in [2.05, 4.69) is 11.8 Å². The lowest BCUT2D eigenvalue weighted by molar-refractivity contribution is 0.0580. The monoisotopic (exact) mass is 279 g/mol. The Morgan fingerprint density at radius 2 is 1.95 bits per heavy atom. The molecule has 0 saturated carbocycles. The summed E-state index contributed by atoms with van der Waals surface area (Å²) in [7, 11) is 2.00. The van der Waals surface area contributed by atoms with E-state index in [9.17, 15) is 4.79 Å². The molecule has 0 heterocycles. The van der Waals surface area contributed by atoms with Crippen molar-refractivity contribution in [1.82, 2.24) is 0 Å². The first-order valence-corrected chi connectivity index (χ1v) is 6.75. The summed E-state index contributed by atoms with van der Waals surface area (Å²) < 4.78 is 5.26. The van der Waals surface area contributed by atoms with E-state index in [1.165, 1.54) is 0 Å². The summed E-state index contributed by atoms with van der Waals surface area (Å²) in [6.07, 6.45) is -0.563. The summed E-state index contributed by atoms with van der Waals surface area (Å²) >= 11 is 0. The van der Waals surface area contributed by atoms with Gasteiger partial charge in [-0.05, 0) is 52.3 Å². The zero-order chi connectivity index (χ0) is 15.5. The lowest BCUT2D eigenvalue weighted by atomic mass is 10.1. The maximum atomic E-state index is 12.0.